The Morgan fingerprint density at radius 2 is 1.67 bits per heavy atom. The minimum Gasteiger partial charge on any atom is -0.313 e. The highest BCUT2D eigenvalue weighted by atomic mass is 15.2. The van der Waals surface area contributed by atoms with Gasteiger partial charge in [-0.3, -0.25) is 4.90 Å². The van der Waals surface area contributed by atoms with Gasteiger partial charge in [-0.2, -0.15) is 0 Å². The molecule has 1 saturated heterocycles. The van der Waals surface area contributed by atoms with E-state index >= 15 is 0 Å². The monoisotopic (exact) mass is 212 g/mol. The Balaban J connectivity index is 2.34. The Morgan fingerprint density at radius 3 is 2.13 bits per heavy atom. The van der Waals surface area contributed by atoms with E-state index in [9.17, 15) is 0 Å². The number of nitrogens with one attached hydrogen (secondary N) is 1. The van der Waals surface area contributed by atoms with Crippen LogP contribution in [0, 0.1) is 0 Å². The van der Waals surface area contributed by atoms with Crippen molar-refractivity contribution in [2.75, 3.05) is 19.6 Å². The van der Waals surface area contributed by atoms with Crippen LogP contribution in [0.15, 0.2) is 0 Å². The number of nitrogens with zero attached hydrogens (tertiary/aromatic N) is 1. The molecule has 2 heteroatoms. The van der Waals surface area contributed by atoms with Gasteiger partial charge in [-0.25, -0.2) is 0 Å². The average molecular weight is 212 g/mol. The molecule has 1 atom stereocenters. The van der Waals surface area contributed by atoms with E-state index < -0.39 is 0 Å². The molecule has 1 unspecified atom stereocenters. The summed E-state index contributed by atoms with van der Waals surface area (Å²) in [4.78, 5) is 2.70. The normalized spacial score (nSPS) is 21.6. The molecule has 0 bridgehead atoms. The van der Waals surface area contributed by atoms with Crippen molar-refractivity contribution in [1.29, 1.82) is 0 Å². The van der Waals surface area contributed by atoms with Crippen LogP contribution >= 0.6 is 0 Å². The fraction of sp³-hybridized carbons (Fsp3) is 1.00. The largest absolute Gasteiger partial charge is 0.313 e. The van der Waals surface area contributed by atoms with Gasteiger partial charge in [0.1, 0.15) is 0 Å². The Morgan fingerprint density at radius 1 is 1.07 bits per heavy atom. The van der Waals surface area contributed by atoms with Gasteiger partial charge in [0.05, 0.1) is 0 Å². The summed E-state index contributed by atoms with van der Waals surface area (Å²) in [5.41, 5.74) is 0. The minimum atomic E-state index is 0.617. The summed E-state index contributed by atoms with van der Waals surface area (Å²) in [6.45, 7) is 10.6. The van der Waals surface area contributed by atoms with Crippen LogP contribution in [0.4, 0.5) is 0 Å². The molecule has 0 aliphatic carbocycles. The summed E-state index contributed by atoms with van der Waals surface area (Å²) in [6, 6.07) is 1.37. The van der Waals surface area contributed by atoms with E-state index in [4.69, 9.17) is 0 Å². The van der Waals surface area contributed by atoms with E-state index in [1.54, 1.807) is 0 Å². The first-order chi connectivity index (χ1) is 7.24. The van der Waals surface area contributed by atoms with E-state index in [0.717, 1.165) is 12.6 Å². The molecule has 0 saturated carbocycles. The van der Waals surface area contributed by atoms with E-state index in [0.29, 0.717) is 6.04 Å². The highest BCUT2D eigenvalue weighted by Crippen LogP contribution is 2.13. The standard InChI is InChI=1S/C13H28N2/c1-4-13(11-14-12(2)3)15-9-7-5-6-8-10-15/h12-14H,4-11H2,1-3H3. The van der Waals surface area contributed by atoms with Crippen LogP contribution < -0.4 is 5.32 Å². The molecule has 1 fully saturated rings. The Bertz CT molecular complexity index is 149. The lowest BCUT2D eigenvalue weighted by atomic mass is 10.1. The number of hydrogen-bond donors (Lipinski definition) is 1. The van der Waals surface area contributed by atoms with Crippen molar-refractivity contribution in [3.05, 3.63) is 0 Å². The maximum Gasteiger partial charge on any atom is 0.0218 e. The van der Waals surface area contributed by atoms with Crippen LogP contribution in [0.1, 0.15) is 52.9 Å². The average Bonchev–Trinajstić information content (AvgIpc) is 2.47. The molecule has 0 aromatic heterocycles. The van der Waals surface area contributed by atoms with Gasteiger partial charge in [0.25, 0.3) is 0 Å². The molecule has 0 spiro atoms. The Kier molecular flexibility index (Phi) is 6.26. The topological polar surface area (TPSA) is 15.3 Å². The van der Waals surface area contributed by atoms with Crippen LogP contribution in [-0.4, -0.2) is 36.6 Å². The summed E-state index contributed by atoms with van der Waals surface area (Å²) in [6.07, 6.45) is 6.95. The Hall–Kier alpha value is -0.0800. The second-order valence-corrected chi connectivity index (χ2v) is 5.08. The van der Waals surface area contributed by atoms with Crippen molar-refractivity contribution in [2.45, 2.75) is 65.0 Å². The third-order valence-corrected chi connectivity index (χ3v) is 3.39. The summed E-state index contributed by atoms with van der Waals surface area (Å²) >= 11 is 0. The van der Waals surface area contributed by atoms with Crippen LogP contribution in [0.3, 0.4) is 0 Å². The van der Waals surface area contributed by atoms with Crippen molar-refractivity contribution in [1.82, 2.24) is 10.2 Å². The van der Waals surface area contributed by atoms with E-state index in [1.807, 2.05) is 0 Å². The third-order valence-electron chi connectivity index (χ3n) is 3.39. The first-order valence-electron chi connectivity index (χ1n) is 6.71. The minimum absolute atomic E-state index is 0.617. The van der Waals surface area contributed by atoms with Crippen LogP contribution in [0.25, 0.3) is 0 Å². The van der Waals surface area contributed by atoms with E-state index in [1.165, 1.54) is 45.2 Å². The first-order valence-corrected chi connectivity index (χ1v) is 6.71. The van der Waals surface area contributed by atoms with E-state index in [2.05, 4.69) is 31.0 Å². The molecule has 15 heavy (non-hydrogen) atoms. The van der Waals surface area contributed by atoms with Gasteiger partial charge in [-0.1, -0.05) is 33.6 Å². The van der Waals surface area contributed by atoms with Crippen molar-refractivity contribution in [2.24, 2.45) is 0 Å². The van der Waals surface area contributed by atoms with Gasteiger partial charge in [0.2, 0.25) is 0 Å². The van der Waals surface area contributed by atoms with E-state index in [-0.39, 0.29) is 0 Å². The maximum atomic E-state index is 3.57. The van der Waals surface area contributed by atoms with Gasteiger partial charge in [0.15, 0.2) is 0 Å². The third kappa shape index (κ3) is 4.98. The maximum absolute atomic E-state index is 3.57. The molecule has 1 heterocycles. The first kappa shape index (κ1) is 13.0. The fourth-order valence-corrected chi connectivity index (χ4v) is 2.36. The Labute approximate surface area is 95.4 Å². The van der Waals surface area contributed by atoms with Crippen LogP contribution in [0.2, 0.25) is 0 Å². The predicted molar refractivity (Wildman–Crippen MR) is 67.3 cm³/mol. The van der Waals surface area contributed by atoms with Crippen molar-refractivity contribution in [3.63, 3.8) is 0 Å². The fourth-order valence-electron chi connectivity index (χ4n) is 2.36. The molecule has 0 amide bonds. The molecule has 0 aromatic rings. The zero-order chi connectivity index (χ0) is 11.1. The lowest BCUT2D eigenvalue weighted by Gasteiger charge is -2.30. The zero-order valence-corrected chi connectivity index (χ0v) is 10.8. The van der Waals surface area contributed by atoms with Gasteiger partial charge >= 0.3 is 0 Å². The smallest absolute Gasteiger partial charge is 0.0218 e. The van der Waals surface area contributed by atoms with Crippen LogP contribution in [-0.2, 0) is 0 Å². The molecule has 1 aliphatic heterocycles. The SMILES string of the molecule is CCC(CNC(C)C)N1CCCCCC1. The molecule has 0 aromatic carbocycles. The summed E-state index contributed by atoms with van der Waals surface area (Å²) in [5.74, 6) is 0. The van der Waals surface area contributed by atoms with Crippen LogP contribution in [0.5, 0.6) is 0 Å². The lowest BCUT2D eigenvalue weighted by molar-refractivity contribution is 0.191. The predicted octanol–water partition coefficient (Wildman–Crippen LogP) is 2.64. The van der Waals surface area contributed by atoms with Crippen molar-refractivity contribution in [3.8, 4) is 0 Å². The number of hydrogen-bond acceptors (Lipinski definition) is 2. The molecule has 1 aliphatic rings. The quantitative estimate of drug-likeness (QED) is 0.753. The summed E-state index contributed by atoms with van der Waals surface area (Å²) < 4.78 is 0. The number of rotatable bonds is 5. The zero-order valence-electron chi connectivity index (χ0n) is 10.8. The lowest BCUT2D eigenvalue weighted by Crippen LogP contribution is -2.44. The highest BCUT2D eigenvalue weighted by molar-refractivity contribution is 4.75. The number of likely N-dealkylation sites (tertiary alicyclic amines) is 1. The van der Waals surface area contributed by atoms with Crippen molar-refractivity contribution >= 4 is 0 Å². The van der Waals surface area contributed by atoms with Gasteiger partial charge < -0.3 is 5.32 Å². The molecule has 1 rings (SSSR count). The van der Waals surface area contributed by atoms with Gasteiger partial charge in [-0.05, 0) is 32.4 Å². The van der Waals surface area contributed by atoms with Crippen molar-refractivity contribution < 1.29 is 0 Å². The summed E-state index contributed by atoms with van der Waals surface area (Å²) in [7, 11) is 0. The second kappa shape index (κ2) is 7.24. The molecule has 0 radical (unpaired) electrons. The molecule has 90 valence electrons. The van der Waals surface area contributed by atoms with Gasteiger partial charge in [-0.15, -0.1) is 0 Å². The molecular weight excluding hydrogens is 184 g/mol. The summed E-state index contributed by atoms with van der Waals surface area (Å²) in [5, 5.41) is 3.57. The highest BCUT2D eigenvalue weighted by Gasteiger charge is 2.17. The molecule has 2 nitrogen and oxygen atoms in total. The van der Waals surface area contributed by atoms with Gasteiger partial charge in [0, 0.05) is 18.6 Å². The second-order valence-electron chi connectivity index (χ2n) is 5.08. The molecule has 1 N–H and O–H groups in total. The molecular formula is C13H28N2.